The maximum atomic E-state index is 11.4. The van der Waals surface area contributed by atoms with Crippen LogP contribution in [0.1, 0.15) is 19.8 Å². The van der Waals surface area contributed by atoms with Gasteiger partial charge >= 0.3 is 0 Å². The van der Waals surface area contributed by atoms with Crippen molar-refractivity contribution in [2.45, 2.75) is 25.8 Å². The van der Waals surface area contributed by atoms with Crippen molar-refractivity contribution in [3.8, 4) is 6.07 Å². The lowest BCUT2D eigenvalue weighted by Gasteiger charge is -2.21. The maximum absolute atomic E-state index is 11.4. The molecule has 0 aromatic carbocycles. The number of amides is 1. The van der Waals surface area contributed by atoms with E-state index < -0.39 is 6.04 Å². The molecule has 0 aromatic rings. The van der Waals surface area contributed by atoms with Crippen molar-refractivity contribution in [1.29, 1.82) is 5.26 Å². The van der Waals surface area contributed by atoms with E-state index >= 15 is 0 Å². The van der Waals surface area contributed by atoms with Gasteiger partial charge in [-0.15, -0.1) is 0 Å². The van der Waals surface area contributed by atoms with Crippen molar-refractivity contribution >= 4 is 5.91 Å². The first-order valence-corrected chi connectivity index (χ1v) is 4.51. The molecule has 4 heteroatoms. The SMILES string of the molecule is C[C@H](C#N)NC(=O)C1CCCOC1. The zero-order chi connectivity index (χ0) is 9.68. The van der Waals surface area contributed by atoms with Crippen molar-refractivity contribution in [2.75, 3.05) is 13.2 Å². The van der Waals surface area contributed by atoms with Gasteiger partial charge in [0, 0.05) is 6.61 Å². The van der Waals surface area contributed by atoms with Crippen LogP contribution in [0.4, 0.5) is 0 Å². The van der Waals surface area contributed by atoms with Crippen LogP contribution in [-0.4, -0.2) is 25.2 Å². The van der Waals surface area contributed by atoms with Gasteiger partial charge in [-0.05, 0) is 19.8 Å². The Bertz CT molecular complexity index is 216. The Hall–Kier alpha value is -1.08. The third-order valence-corrected chi connectivity index (χ3v) is 2.08. The quantitative estimate of drug-likeness (QED) is 0.674. The molecule has 0 bridgehead atoms. The highest BCUT2D eigenvalue weighted by Gasteiger charge is 2.22. The molecule has 1 unspecified atom stereocenters. The summed E-state index contributed by atoms with van der Waals surface area (Å²) in [7, 11) is 0. The number of carbonyl (C=O) groups excluding carboxylic acids is 1. The molecule has 72 valence electrons. The summed E-state index contributed by atoms with van der Waals surface area (Å²) in [5, 5.41) is 11.1. The van der Waals surface area contributed by atoms with E-state index in [0.717, 1.165) is 19.4 Å². The lowest BCUT2D eigenvalue weighted by atomic mass is 10.0. The molecule has 0 aromatic heterocycles. The van der Waals surface area contributed by atoms with Gasteiger partial charge in [-0.3, -0.25) is 4.79 Å². The van der Waals surface area contributed by atoms with Crippen molar-refractivity contribution < 1.29 is 9.53 Å². The second-order valence-electron chi connectivity index (χ2n) is 3.27. The fourth-order valence-corrected chi connectivity index (χ4v) is 1.31. The third kappa shape index (κ3) is 3.03. The van der Waals surface area contributed by atoms with Gasteiger partial charge in [0.15, 0.2) is 0 Å². The van der Waals surface area contributed by atoms with Gasteiger partial charge in [0.05, 0.1) is 18.6 Å². The number of nitriles is 1. The second-order valence-corrected chi connectivity index (χ2v) is 3.27. The van der Waals surface area contributed by atoms with Crippen LogP contribution < -0.4 is 5.32 Å². The summed E-state index contributed by atoms with van der Waals surface area (Å²) in [6.07, 6.45) is 1.79. The van der Waals surface area contributed by atoms with Gasteiger partial charge < -0.3 is 10.1 Å². The van der Waals surface area contributed by atoms with E-state index in [1.165, 1.54) is 0 Å². The summed E-state index contributed by atoms with van der Waals surface area (Å²) in [5.74, 6) is -0.127. The molecule has 1 N–H and O–H groups in total. The highest BCUT2D eigenvalue weighted by Crippen LogP contribution is 2.13. The molecule has 0 spiro atoms. The molecule has 2 atom stereocenters. The highest BCUT2D eigenvalue weighted by atomic mass is 16.5. The summed E-state index contributed by atoms with van der Waals surface area (Å²) in [5.41, 5.74) is 0. The van der Waals surface area contributed by atoms with E-state index in [-0.39, 0.29) is 11.8 Å². The zero-order valence-electron chi connectivity index (χ0n) is 7.75. The third-order valence-electron chi connectivity index (χ3n) is 2.08. The fourth-order valence-electron chi connectivity index (χ4n) is 1.31. The Kier molecular flexibility index (Phi) is 3.71. The first kappa shape index (κ1) is 10.0. The number of rotatable bonds is 2. The summed E-state index contributed by atoms with van der Waals surface area (Å²) in [4.78, 5) is 11.4. The molecule has 0 saturated carbocycles. The molecule has 1 fully saturated rings. The van der Waals surface area contributed by atoms with Gasteiger partial charge in [-0.25, -0.2) is 0 Å². The Labute approximate surface area is 77.9 Å². The number of hydrogen-bond donors (Lipinski definition) is 1. The summed E-state index contributed by atoms with van der Waals surface area (Å²) in [6, 6.07) is 1.55. The van der Waals surface area contributed by atoms with Crippen LogP contribution in [0.5, 0.6) is 0 Å². The van der Waals surface area contributed by atoms with Crippen LogP contribution in [-0.2, 0) is 9.53 Å². The van der Waals surface area contributed by atoms with E-state index in [9.17, 15) is 4.79 Å². The van der Waals surface area contributed by atoms with Gasteiger partial charge in [-0.1, -0.05) is 0 Å². The smallest absolute Gasteiger partial charge is 0.226 e. The predicted octanol–water partition coefficient (Wildman–Crippen LogP) is 0.441. The van der Waals surface area contributed by atoms with Gasteiger partial charge in [0.1, 0.15) is 6.04 Å². The van der Waals surface area contributed by atoms with Crippen LogP contribution in [0, 0.1) is 17.2 Å². The van der Waals surface area contributed by atoms with Crippen LogP contribution in [0.2, 0.25) is 0 Å². The molecule has 1 rings (SSSR count). The molecule has 1 heterocycles. The van der Waals surface area contributed by atoms with E-state index in [0.29, 0.717) is 6.61 Å². The number of carbonyl (C=O) groups is 1. The first-order valence-electron chi connectivity index (χ1n) is 4.51. The monoisotopic (exact) mass is 182 g/mol. The van der Waals surface area contributed by atoms with E-state index in [2.05, 4.69) is 5.32 Å². The maximum Gasteiger partial charge on any atom is 0.226 e. The van der Waals surface area contributed by atoms with Crippen LogP contribution in [0.3, 0.4) is 0 Å². The average molecular weight is 182 g/mol. The van der Waals surface area contributed by atoms with E-state index in [1.807, 2.05) is 6.07 Å². The first-order chi connectivity index (χ1) is 6.24. The summed E-state index contributed by atoms with van der Waals surface area (Å²) in [6.45, 7) is 2.91. The molecule has 1 saturated heterocycles. The zero-order valence-corrected chi connectivity index (χ0v) is 7.75. The average Bonchev–Trinajstić information content (AvgIpc) is 2.19. The lowest BCUT2D eigenvalue weighted by Crippen LogP contribution is -2.39. The number of hydrogen-bond acceptors (Lipinski definition) is 3. The topological polar surface area (TPSA) is 62.1 Å². The molecule has 1 amide bonds. The normalized spacial score (nSPS) is 24.5. The minimum Gasteiger partial charge on any atom is -0.381 e. The highest BCUT2D eigenvalue weighted by molar-refractivity contribution is 5.79. The van der Waals surface area contributed by atoms with Crippen molar-refractivity contribution in [3.63, 3.8) is 0 Å². The molecular weight excluding hydrogens is 168 g/mol. The number of nitrogens with zero attached hydrogens (tertiary/aromatic N) is 1. The van der Waals surface area contributed by atoms with E-state index in [4.69, 9.17) is 10.00 Å². The molecule has 4 nitrogen and oxygen atoms in total. The molecular formula is C9H14N2O2. The van der Waals surface area contributed by atoms with Crippen molar-refractivity contribution in [2.24, 2.45) is 5.92 Å². The standard InChI is InChI=1S/C9H14N2O2/c1-7(5-10)11-9(12)8-3-2-4-13-6-8/h7-8H,2-4,6H2,1H3,(H,11,12)/t7-,8?/m1/s1. The second kappa shape index (κ2) is 4.83. The summed E-state index contributed by atoms with van der Waals surface area (Å²) >= 11 is 0. The van der Waals surface area contributed by atoms with Crippen LogP contribution in [0.25, 0.3) is 0 Å². The Morgan fingerprint density at radius 1 is 1.77 bits per heavy atom. The number of ether oxygens (including phenoxy) is 1. The lowest BCUT2D eigenvalue weighted by molar-refractivity contribution is -0.129. The predicted molar refractivity (Wildman–Crippen MR) is 46.8 cm³/mol. The van der Waals surface area contributed by atoms with E-state index in [1.54, 1.807) is 6.92 Å². The fraction of sp³-hybridized carbons (Fsp3) is 0.778. The molecule has 13 heavy (non-hydrogen) atoms. The Balaban J connectivity index is 2.34. The summed E-state index contributed by atoms with van der Waals surface area (Å²) < 4.78 is 5.17. The van der Waals surface area contributed by atoms with Gasteiger partial charge in [0.2, 0.25) is 5.91 Å². The molecule has 1 aliphatic rings. The van der Waals surface area contributed by atoms with Crippen LogP contribution >= 0.6 is 0 Å². The Morgan fingerprint density at radius 2 is 2.54 bits per heavy atom. The molecule has 0 radical (unpaired) electrons. The Morgan fingerprint density at radius 3 is 3.08 bits per heavy atom. The molecule has 1 aliphatic heterocycles. The van der Waals surface area contributed by atoms with Gasteiger partial charge in [-0.2, -0.15) is 5.26 Å². The van der Waals surface area contributed by atoms with Crippen molar-refractivity contribution in [1.82, 2.24) is 5.32 Å². The number of nitrogens with one attached hydrogen (secondary N) is 1. The minimum atomic E-state index is -0.408. The molecule has 0 aliphatic carbocycles. The van der Waals surface area contributed by atoms with Crippen LogP contribution in [0.15, 0.2) is 0 Å². The largest absolute Gasteiger partial charge is 0.381 e. The van der Waals surface area contributed by atoms with Gasteiger partial charge in [0.25, 0.3) is 0 Å². The van der Waals surface area contributed by atoms with Crippen molar-refractivity contribution in [3.05, 3.63) is 0 Å². The minimum absolute atomic E-state index is 0.0613.